The van der Waals surface area contributed by atoms with Crippen LogP contribution in [-0.2, 0) is 43.2 Å². The number of hydrogen-bond acceptors (Lipinski definition) is 11. The first kappa shape index (κ1) is 34.8. The van der Waals surface area contributed by atoms with Gasteiger partial charge in [0.05, 0.1) is 32.4 Å². The topological polar surface area (TPSA) is 181 Å². The Morgan fingerprint density at radius 2 is 1.60 bits per heavy atom. The van der Waals surface area contributed by atoms with Gasteiger partial charge in [0.25, 0.3) is 5.91 Å². The van der Waals surface area contributed by atoms with Gasteiger partial charge in [-0.15, -0.1) is 0 Å². The summed E-state index contributed by atoms with van der Waals surface area (Å²) in [6, 6.07) is 7.32. The van der Waals surface area contributed by atoms with E-state index in [1.807, 2.05) is 13.8 Å². The first-order valence-corrected chi connectivity index (χ1v) is 16.2. The van der Waals surface area contributed by atoms with Crippen molar-refractivity contribution in [2.24, 2.45) is 5.92 Å². The Balaban J connectivity index is 1.33. The van der Waals surface area contributed by atoms with Crippen LogP contribution in [0.4, 0.5) is 0 Å². The second-order valence-electron chi connectivity index (χ2n) is 12.8. The van der Waals surface area contributed by atoms with Crippen molar-refractivity contribution in [2.75, 3.05) is 32.9 Å². The summed E-state index contributed by atoms with van der Waals surface area (Å²) in [5, 5.41) is 12.4. The maximum Gasteiger partial charge on any atom is 0.274 e. The molecule has 5 rings (SSSR count). The Bertz CT molecular complexity index is 1540. The largest absolute Gasteiger partial charge is 0.379 e. The minimum absolute atomic E-state index is 0.0222. The van der Waals surface area contributed by atoms with Gasteiger partial charge in [-0.2, -0.15) is 0 Å². The van der Waals surface area contributed by atoms with Gasteiger partial charge in [0.2, 0.25) is 11.8 Å². The Morgan fingerprint density at radius 3 is 2.25 bits per heavy atom. The number of carbonyl (C=O) groups is 4. The Hall–Kier alpha value is -4.53. The predicted octanol–water partition coefficient (Wildman–Crippen LogP) is 1.25. The molecule has 2 fully saturated rings. The zero-order valence-electron chi connectivity index (χ0n) is 27.5. The van der Waals surface area contributed by atoms with Crippen molar-refractivity contribution in [2.45, 2.75) is 70.3 Å². The molecule has 2 aliphatic rings. The number of hydrogen-bond donors (Lipinski definition) is 3. The van der Waals surface area contributed by atoms with Gasteiger partial charge in [0.1, 0.15) is 17.7 Å². The number of pyridine rings is 2. The zero-order chi connectivity index (χ0) is 34.1. The van der Waals surface area contributed by atoms with E-state index >= 15 is 0 Å². The highest BCUT2D eigenvalue weighted by atomic mass is 16.6. The van der Waals surface area contributed by atoms with E-state index in [4.69, 9.17) is 14.0 Å². The van der Waals surface area contributed by atoms with Crippen molar-refractivity contribution in [3.05, 3.63) is 77.7 Å². The highest BCUT2D eigenvalue weighted by Crippen LogP contribution is 2.29. The number of carbonyl (C=O) groups excluding carboxylic acids is 4. The second kappa shape index (κ2) is 16.0. The molecule has 0 saturated carbocycles. The summed E-state index contributed by atoms with van der Waals surface area (Å²) in [6.45, 7) is 9.11. The molecule has 5 heterocycles. The molecule has 14 heteroatoms. The molecule has 3 amide bonds. The van der Waals surface area contributed by atoms with Gasteiger partial charge < -0.3 is 29.9 Å². The molecular formula is C34H43N7O7. The summed E-state index contributed by atoms with van der Waals surface area (Å²) in [4.78, 5) is 65.0. The summed E-state index contributed by atoms with van der Waals surface area (Å²) in [7, 11) is 0. The minimum atomic E-state index is -1.12. The van der Waals surface area contributed by atoms with Crippen LogP contribution in [0.3, 0.4) is 0 Å². The number of ketones is 1. The third-order valence-electron chi connectivity index (χ3n) is 8.30. The van der Waals surface area contributed by atoms with Gasteiger partial charge in [-0.3, -0.25) is 34.0 Å². The number of nitrogens with zero attached hydrogens (tertiary/aromatic N) is 4. The SMILES string of the molecule is CC(C)C[C@H](NC(=O)[C@H](Cc1ccncc1)NC(=O)[C@H](Cc1ccccn1)NC(=O)c1cc(CN2CCOCC2)on1)C(=O)[C@]1(C)CO1. The molecule has 0 unspecified atom stereocenters. The number of rotatable bonds is 16. The van der Waals surface area contributed by atoms with Crippen molar-refractivity contribution in [1.29, 1.82) is 0 Å². The van der Waals surface area contributed by atoms with E-state index in [0.717, 1.165) is 18.7 Å². The van der Waals surface area contributed by atoms with Crippen molar-refractivity contribution < 1.29 is 33.2 Å². The molecule has 256 valence electrons. The molecule has 14 nitrogen and oxygen atoms in total. The average Bonchev–Trinajstić information content (AvgIpc) is 3.66. The van der Waals surface area contributed by atoms with E-state index in [2.05, 4.69) is 36.0 Å². The van der Waals surface area contributed by atoms with E-state index in [0.29, 0.717) is 44.2 Å². The van der Waals surface area contributed by atoms with Gasteiger partial charge in [0, 0.05) is 56.3 Å². The summed E-state index contributed by atoms with van der Waals surface area (Å²) < 4.78 is 16.2. The highest BCUT2D eigenvalue weighted by molar-refractivity contribution is 5.99. The quantitative estimate of drug-likeness (QED) is 0.188. The van der Waals surface area contributed by atoms with Crippen molar-refractivity contribution in [3.8, 4) is 0 Å². The van der Waals surface area contributed by atoms with Gasteiger partial charge in [-0.25, -0.2) is 0 Å². The third-order valence-corrected chi connectivity index (χ3v) is 8.30. The van der Waals surface area contributed by atoms with Crippen LogP contribution in [0.2, 0.25) is 0 Å². The number of ether oxygens (including phenoxy) is 2. The fraction of sp³-hybridized carbons (Fsp3) is 0.500. The lowest BCUT2D eigenvalue weighted by molar-refractivity contribution is -0.133. The lowest BCUT2D eigenvalue weighted by Gasteiger charge is -2.26. The van der Waals surface area contributed by atoms with Crippen LogP contribution >= 0.6 is 0 Å². The van der Waals surface area contributed by atoms with Gasteiger partial charge >= 0.3 is 0 Å². The first-order chi connectivity index (χ1) is 23.1. The maximum atomic E-state index is 14.0. The average molecular weight is 662 g/mol. The lowest BCUT2D eigenvalue weighted by Crippen LogP contribution is -2.57. The van der Waals surface area contributed by atoms with Crippen LogP contribution in [0, 0.1) is 5.92 Å². The van der Waals surface area contributed by atoms with Crippen LogP contribution in [0.1, 0.15) is 54.7 Å². The molecule has 0 bridgehead atoms. The van der Waals surface area contributed by atoms with E-state index < -0.39 is 41.4 Å². The predicted molar refractivity (Wildman–Crippen MR) is 172 cm³/mol. The molecule has 0 aliphatic carbocycles. The standard InChI is InChI=1S/C34H43N7O7/c1-22(2)16-26(30(42)34(3)21-47-34)37-31(43)27(17-23-7-10-35-11-8-23)38-32(44)28(18-24-6-4-5-9-36-24)39-33(45)29-19-25(48-40-29)20-41-12-14-46-15-13-41/h4-11,19,22,26-28H,12-18,20-21H2,1-3H3,(H,37,43)(H,38,44)(H,39,45)/t26-,27-,28-,34-/m0/s1. The normalized spacial score (nSPS) is 19.6. The van der Waals surface area contributed by atoms with Gasteiger partial charge in [-0.05, 0) is 49.1 Å². The molecular weight excluding hydrogens is 618 g/mol. The van der Waals surface area contributed by atoms with E-state index in [1.54, 1.807) is 61.9 Å². The number of Topliss-reactive ketones (excluding diaryl/α,β-unsaturated/α-hetero) is 1. The summed E-state index contributed by atoms with van der Waals surface area (Å²) >= 11 is 0. The van der Waals surface area contributed by atoms with Crippen LogP contribution in [0.25, 0.3) is 0 Å². The van der Waals surface area contributed by atoms with Crippen molar-refractivity contribution in [3.63, 3.8) is 0 Å². The lowest BCUT2D eigenvalue weighted by atomic mass is 9.93. The Labute approximate surface area is 279 Å². The number of epoxide rings is 1. The van der Waals surface area contributed by atoms with Gasteiger partial charge in [-0.1, -0.05) is 25.1 Å². The van der Waals surface area contributed by atoms with Crippen molar-refractivity contribution >= 4 is 23.5 Å². The maximum absolute atomic E-state index is 14.0. The summed E-state index contributed by atoms with van der Waals surface area (Å²) in [6.07, 6.45) is 5.36. The highest BCUT2D eigenvalue weighted by Gasteiger charge is 2.50. The molecule has 3 N–H and O–H groups in total. The molecule has 0 radical (unpaired) electrons. The molecule has 0 spiro atoms. The first-order valence-electron chi connectivity index (χ1n) is 16.2. The number of morpholine rings is 1. The number of nitrogens with one attached hydrogen (secondary N) is 3. The zero-order valence-corrected chi connectivity index (χ0v) is 27.5. The van der Waals surface area contributed by atoms with Crippen molar-refractivity contribution in [1.82, 2.24) is 36.0 Å². The molecule has 2 saturated heterocycles. The summed E-state index contributed by atoms with van der Waals surface area (Å²) in [5.74, 6) is -1.34. The molecule has 2 aliphatic heterocycles. The number of amides is 3. The fourth-order valence-corrected chi connectivity index (χ4v) is 5.47. The van der Waals surface area contributed by atoms with Crippen LogP contribution in [0.15, 0.2) is 59.5 Å². The molecule has 0 aromatic carbocycles. The third kappa shape index (κ3) is 9.75. The molecule has 3 aromatic rings. The van der Waals surface area contributed by atoms with Crippen LogP contribution in [-0.4, -0.2) is 100 Å². The van der Waals surface area contributed by atoms with E-state index in [1.165, 1.54) is 0 Å². The van der Waals surface area contributed by atoms with Crippen LogP contribution < -0.4 is 16.0 Å². The molecule has 48 heavy (non-hydrogen) atoms. The molecule has 4 atom stereocenters. The smallest absolute Gasteiger partial charge is 0.274 e. The minimum Gasteiger partial charge on any atom is -0.379 e. The monoisotopic (exact) mass is 661 g/mol. The Kier molecular flexibility index (Phi) is 11.6. The molecule has 3 aromatic heterocycles. The van der Waals surface area contributed by atoms with Gasteiger partial charge in [0.15, 0.2) is 17.2 Å². The summed E-state index contributed by atoms with van der Waals surface area (Å²) in [5.41, 5.74) is 0.392. The van der Waals surface area contributed by atoms with Crippen LogP contribution in [0.5, 0.6) is 0 Å². The second-order valence-corrected chi connectivity index (χ2v) is 12.8. The van der Waals surface area contributed by atoms with E-state index in [-0.39, 0.29) is 30.2 Å². The van der Waals surface area contributed by atoms with E-state index in [9.17, 15) is 19.2 Å². The fourth-order valence-electron chi connectivity index (χ4n) is 5.47. The Morgan fingerprint density at radius 1 is 0.917 bits per heavy atom. The number of aromatic nitrogens is 3.